The van der Waals surface area contributed by atoms with Gasteiger partial charge in [-0.05, 0) is 30.3 Å². The number of amides is 2. The van der Waals surface area contributed by atoms with E-state index in [4.69, 9.17) is 8.83 Å². The summed E-state index contributed by atoms with van der Waals surface area (Å²) in [6.45, 7) is 1.72. The summed E-state index contributed by atoms with van der Waals surface area (Å²) in [4.78, 5) is 32.0. The minimum absolute atomic E-state index is 0.0186. The maximum absolute atomic E-state index is 13.4. The van der Waals surface area contributed by atoms with Crippen molar-refractivity contribution in [1.82, 2.24) is 15.2 Å². The molecule has 36 heavy (non-hydrogen) atoms. The summed E-state index contributed by atoms with van der Waals surface area (Å²) >= 11 is 1.51. The third-order valence-electron chi connectivity index (χ3n) is 5.87. The highest BCUT2D eigenvalue weighted by molar-refractivity contribution is 7.99. The number of oxazole rings is 1. The fourth-order valence-electron chi connectivity index (χ4n) is 4.11. The maximum Gasteiger partial charge on any atom is 0.416 e. The number of carbonyl (C=O) groups is 2. The number of aryl methyl sites for hydroxylation is 1. The number of hydrogen-bond acceptors (Lipinski definition) is 6. The zero-order valence-electron chi connectivity index (χ0n) is 19.0. The van der Waals surface area contributed by atoms with Gasteiger partial charge in [0.15, 0.2) is 17.3 Å². The SMILES string of the molecule is Cc1nc(C(=O)N2CSC[C@H]2CNC(=O)c2cccc3occc23)c(-c2cccc(C(F)(F)F)c2)o1. The molecule has 2 aromatic carbocycles. The van der Waals surface area contributed by atoms with Crippen molar-refractivity contribution in [3.05, 3.63) is 77.5 Å². The average Bonchev–Trinajstić information content (AvgIpc) is 3.60. The second kappa shape index (κ2) is 9.38. The molecule has 4 aromatic rings. The Morgan fingerprint density at radius 2 is 2.00 bits per heavy atom. The largest absolute Gasteiger partial charge is 0.464 e. The van der Waals surface area contributed by atoms with Crippen LogP contribution in [0.1, 0.15) is 32.3 Å². The number of nitrogens with zero attached hydrogens (tertiary/aromatic N) is 2. The highest BCUT2D eigenvalue weighted by atomic mass is 32.2. The van der Waals surface area contributed by atoms with E-state index in [9.17, 15) is 22.8 Å². The number of nitrogens with one attached hydrogen (secondary N) is 1. The lowest BCUT2D eigenvalue weighted by molar-refractivity contribution is -0.137. The molecule has 3 heterocycles. The molecule has 1 aliphatic rings. The number of fused-ring (bicyclic) bond motifs is 1. The van der Waals surface area contributed by atoms with Crippen molar-refractivity contribution < 1.29 is 31.6 Å². The standard InChI is InChI=1S/C25H20F3N3O4S/c1-14-30-21(22(35-14)15-4-2-5-16(10-15)25(26,27)28)24(33)31-13-36-12-17(31)11-29-23(32)19-6-3-7-20-18(19)8-9-34-20/h2-10,17H,11-13H2,1H3,(H,29,32)/t17-/m1/s1. The lowest BCUT2D eigenvalue weighted by Gasteiger charge is -2.23. The highest BCUT2D eigenvalue weighted by Gasteiger charge is 2.35. The molecule has 1 fully saturated rings. The van der Waals surface area contributed by atoms with Gasteiger partial charge >= 0.3 is 6.18 Å². The predicted octanol–water partition coefficient (Wildman–Crippen LogP) is 5.36. The van der Waals surface area contributed by atoms with Crippen molar-refractivity contribution >= 4 is 34.5 Å². The molecular formula is C25H20F3N3O4S. The first-order chi connectivity index (χ1) is 17.2. The van der Waals surface area contributed by atoms with Crippen LogP contribution in [-0.4, -0.2) is 45.9 Å². The van der Waals surface area contributed by atoms with E-state index in [1.807, 2.05) is 0 Å². The van der Waals surface area contributed by atoms with Gasteiger partial charge in [-0.3, -0.25) is 9.59 Å². The summed E-state index contributed by atoms with van der Waals surface area (Å²) in [7, 11) is 0. The molecule has 11 heteroatoms. The van der Waals surface area contributed by atoms with E-state index < -0.39 is 17.6 Å². The van der Waals surface area contributed by atoms with Crippen LogP contribution < -0.4 is 5.32 Å². The number of hydrogen-bond donors (Lipinski definition) is 1. The van der Waals surface area contributed by atoms with Crippen molar-refractivity contribution in [3.63, 3.8) is 0 Å². The van der Waals surface area contributed by atoms with E-state index in [0.717, 1.165) is 12.1 Å². The van der Waals surface area contributed by atoms with E-state index in [0.29, 0.717) is 28.2 Å². The molecule has 0 radical (unpaired) electrons. The molecule has 7 nitrogen and oxygen atoms in total. The summed E-state index contributed by atoms with van der Waals surface area (Å²) in [6, 6.07) is 11.2. The molecule has 0 aliphatic carbocycles. The van der Waals surface area contributed by atoms with Crippen LogP contribution in [0.5, 0.6) is 0 Å². The zero-order chi connectivity index (χ0) is 25.4. The summed E-state index contributed by atoms with van der Waals surface area (Å²) in [5, 5.41) is 3.57. The van der Waals surface area contributed by atoms with Gasteiger partial charge in [0.1, 0.15) is 5.58 Å². The van der Waals surface area contributed by atoms with Gasteiger partial charge in [-0.15, -0.1) is 11.8 Å². The topological polar surface area (TPSA) is 88.6 Å². The van der Waals surface area contributed by atoms with Gasteiger partial charge in [-0.25, -0.2) is 4.98 Å². The Hall–Kier alpha value is -3.73. The average molecular weight is 516 g/mol. The van der Waals surface area contributed by atoms with Gasteiger partial charge in [0.25, 0.3) is 11.8 Å². The third-order valence-corrected chi connectivity index (χ3v) is 6.95. The summed E-state index contributed by atoms with van der Waals surface area (Å²) < 4.78 is 50.6. The quantitative estimate of drug-likeness (QED) is 0.385. The highest BCUT2D eigenvalue weighted by Crippen LogP contribution is 2.34. The molecule has 186 valence electrons. The van der Waals surface area contributed by atoms with Crippen LogP contribution in [0.4, 0.5) is 13.2 Å². The minimum atomic E-state index is -4.54. The van der Waals surface area contributed by atoms with Crippen LogP contribution in [0.25, 0.3) is 22.3 Å². The first-order valence-corrected chi connectivity index (χ1v) is 12.2. The van der Waals surface area contributed by atoms with E-state index in [-0.39, 0.29) is 41.4 Å². The van der Waals surface area contributed by atoms with Crippen molar-refractivity contribution in [2.24, 2.45) is 0 Å². The first-order valence-electron chi connectivity index (χ1n) is 11.0. The lowest BCUT2D eigenvalue weighted by atomic mass is 10.1. The Balaban J connectivity index is 1.35. The van der Waals surface area contributed by atoms with Crippen LogP contribution in [0.3, 0.4) is 0 Å². The van der Waals surface area contributed by atoms with E-state index in [2.05, 4.69) is 10.3 Å². The van der Waals surface area contributed by atoms with Crippen LogP contribution in [0.15, 0.2) is 63.6 Å². The van der Waals surface area contributed by atoms with Crippen molar-refractivity contribution in [2.75, 3.05) is 18.2 Å². The number of rotatable bonds is 5. The number of alkyl halides is 3. The smallest absolute Gasteiger partial charge is 0.416 e. The molecule has 1 atom stereocenters. The number of carbonyl (C=O) groups excluding carboxylic acids is 2. The molecule has 1 aliphatic heterocycles. The summed E-state index contributed by atoms with van der Waals surface area (Å²) in [6.07, 6.45) is -3.03. The van der Waals surface area contributed by atoms with E-state index in [1.165, 1.54) is 37.1 Å². The van der Waals surface area contributed by atoms with Gasteiger partial charge in [0, 0.05) is 30.2 Å². The number of aromatic nitrogens is 1. The van der Waals surface area contributed by atoms with Gasteiger partial charge in [-0.1, -0.05) is 18.2 Å². The number of thioether (sulfide) groups is 1. The van der Waals surface area contributed by atoms with Gasteiger partial charge in [-0.2, -0.15) is 13.2 Å². The lowest BCUT2D eigenvalue weighted by Crippen LogP contribution is -2.44. The molecule has 2 amide bonds. The zero-order valence-corrected chi connectivity index (χ0v) is 19.8. The van der Waals surface area contributed by atoms with Gasteiger partial charge in [0.2, 0.25) is 0 Å². The van der Waals surface area contributed by atoms with Gasteiger partial charge in [0.05, 0.1) is 29.3 Å². The Kier molecular flexibility index (Phi) is 6.25. The molecule has 0 unspecified atom stereocenters. The van der Waals surface area contributed by atoms with Crippen LogP contribution >= 0.6 is 11.8 Å². The number of benzene rings is 2. The molecular weight excluding hydrogens is 495 g/mol. The monoisotopic (exact) mass is 515 g/mol. The number of furan rings is 1. The Morgan fingerprint density at radius 3 is 2.81 bits per heavy atom. The third kappa shape index (κ3) is 4.58. The molecule has 0 saturated carbocycles. The van der Waals surface area contributed by atoms with Crippen molar-refractivity contribution in [1.29, 1.82) is 0 Å². The molecule has 0 spiro atoms. The molecule has 0 bridgehead atoms. The van der Waals surface area contributed by atoms with Crippen LogP contribution in [0, 0.1) is 6.92 Å². The van der Waals surface area contributed by atoms with Gasteiger partial charge < -0.3 is 19.1 Å². The van der Waals surface area contributed by atoms with Crippen molar-refractivity contribution in [3.8, 4) is 11.3 Å². The Bertz CT molecular complexity index is 1450. The Morgan fingerprint density at radius 1 is 1.19 bits per heavy atom. The maximum atomic E-state index is 13.4. The Labute approximate surface area is 207 Å². The fraction of sp³-hybridized carbons (Fsp3) is 0.240. The second-order valence-corrected chi connectivity index (χ2v) is 9.27. The molecule has 5 rings (SSSR count). The molecule has 2 aromatic heterocycles. The van der Waals surface area contributed by atoms with E-state index >= 15 is 0 Å². The molecule has 1 N–H and O–H groups in total. The van der Waals surface area contributed by atoms with E-state index in [1.54, 1.807) is 29.2 Å². The molecule has 1 saturated heterocycles. The number of halogens is 3. The van der Waals surface area contributed by atoms with Crippen molar-refractivity contribution in [2.45, 2.75) is 19.1 Å². The predicted molar refractivity (Wildman–Crippen MR) is 128 cm³/mol. The summed E-state index contributed by atoms with van der Waals surface area (Å²) in [5.41, 5.74) is 0.257. The van der Waals surface area contributed by atoms with Crippen LogP contribution in [-0.2, 0) is 6.18 Å². The first kappa shape index (κ1) is 24.0. The second-order valence-electron chi connectivity index (χ2n) is 8.27. The normalized spacial score (nSPS) is 16.0. The fourth-order valence-corrected chi connectivity index (χ4v) is 5.31. The van der Waals surface area contributed by atoms with Crippen LogP contribution in [0.2, 0.25) is 0 Å². The minimum Gasteiger partial charge on any atom is -0.464 e. The summed E-state index contributed by atoms with van der Waals surface area (Å²) in [5.74, 6) is 0.307.